The highest BCUT2D eigenvalue weighted by Gasteiger charge is 2.16. The lowest BCUT2D eigenvalue weighted by Gasteiger charge is -2.18. The highest BCUT2D eigenvalue weighted by Crippen LogP contribution is 2.31. The molecule has 0 spiro atoms. The number of carbonyl (C=O) groups excluding carboxylic acids is 1. The molecule has 2 rings (SSSR count). The molecule has 1 atom stereocenters. The first-order valence-electron chi connectivity index (χ1n) is 10.8. The zero-order chi connectivity index (χ0) is 21.8. The lowest BCUT2D eigenvalue weighted by Crippen LogP contribution is -2.34. The number of hydrogen-bond acceptors (Lipinski definition) is 4. The van der Waals surface area contributed by atoms with Crippen LogP contribution in [0.15, 0.2) is 42.5 Å². The average molecular weight is 414 g/mol. The van der Waals surface area contributed by atoms with E-state index in [4.69, 9.17) is 14.2 Å². The van der Waals surface area contributed by atoms with Gasteiger partial charge in [0.1, 0.15) is 18.1 Å². The van der Waals surface area contributed by atoms with Gasteiger partial charge in [0.2, 0.25) is 0 Å². The summed E-state index contributed by atoms with van der Waals surface area (Å²) in [7, 11) is 3.38. The van der Waals surface area contributed by atoms with Crippen LogP contribution >= 0.6 is 0 Å². The van der Waals surface area contributed by atoms with Gasteiger partial charge in [0.25, 0.3) is 0 Å². The Labute approximate surface area is 180 Å². The SMILES string of the molecule is CCCCCCc1cc(OC)c(C[C@@H](C)NC(=O)OCc2ccccc2)cc1OC. The lowest BCUT2D eigenvalue weighted by molar-refractivity contribution is 0.136. The summed E-state index contributed by atoms with van der Waals surface area (Å²) in [5.41, 5.74) is 3.13. The van der Waals surface area contributed by atoms with Crippen LogP contribution in [0.3, 0.4) is 0 Å². The number of nitrogens with one attached hydrogen (secondary N) is 1. The Morgan fingerprint density at radius 3 is 2.30 bits per heavy atom. The number of methoxy groups -OCH3 is 2. The standard InChI is InChI=1S/C25H35NO4/c1-5-6-7-11-14-21-16-24(29-4)22(17-23(21)28-3)15-19(2)26-25(27)30-18-20-12-9-8-10-13-20/h8-10,12-13,16-17,19H,5-7,11,14-15,18H2,1-4H3,(H,26,27)/t19-/m1/s1. The van der Waals surface area contributed by atoms with Crippen LogP contribution in [0.4, 0.5) is 4.79 Å². The van der Waals surface area contributed by atoms with Crippen LogP contribution in [0.5, 0.6) is 11.5 Å². The summed E-state index contributed by atoms with van der Waals surface area (Å²) >= 11 is 0. The molecule has 0 bridgehead atoms. The molecule has 0 aliphatic heterocycles. The molecule has 0 fully saturated rings. The first kappa shape index (κ1) is 23.6. The van der Waals surface area contributed by atoms with Crippen LogP contribution in [0.2, 0.25) is 0 Å². The van der Waals surface area contributed by atoms with Crippen molar-refractivity contribution in [2.24, 2.45) is 0 Å². The van der Waals surface area contributed by atoms with E-state index in [1.807, 2.05) is 43.3 Å². The van der Waals surface area contributed by atoms with Crippen LogP contribution in [0.1, 0.15) is 56.2 Å². The fourth-order valence-corrected chi connectivity index (χ4v) is 3.47. The largest absolute Gasteiger partial charge is 0.496 e. The summed E-state index contributed by atoms with van der Waals surface area (Å²) < 4.78 is 16.6. The third-order valence-electron chi connectivity index (χ3n) is 5.09. The number of amides is 1. The molecule has 0 saturated heterocycles. The molecule has 0 aromatic heterocycles. The first-order chi connectivity index (χ1) is 14.6. The van der Waals surface area contributed by atoms with Gasteiger partial charge in [-0.1, -0.05) is 56.5 Å². The van der Waals surface area contributed by atoms with E-state index in [1.54, 1.807) is 14.2 Å². The molecule has 0 aliphatic rings. The summed E-state index contributed by atoms with van der Waals surface area (Å²) in [5, 5.41) is 2.89. The second-order valence-electron chi connectivity index (χ2n) is 7.60. The number of ether oxygens (including phenoxy) is 3. The molecule has 1 amide bonds. The van der Waals surface area contributed by atoms with E-state index in [1.165, 1.54) is 19.3 Å². The van der Waals surface area contributed by atoms with Crippen LogP contribution in [0.25, 0.3) is 0 Å². The van der Waals surface area contributed by atoms with Crippen molar-refractivity contribution in [3.8, 4) is 11.5 Å². The predicted molar refractivity (Wildman–Crippen MR) is 120 cm³/mol. The minimum Gasteiger partial charge on any atom is -0.496 e. The van der Waals surface area contributed by atoms with E-state index < -0.39 is 6.09 Å². The summed E-state index contributed by atoms with van der Waals surface area (Å²) in [6.07, 6.45) is 5.99. The van der Waals surface area contributed by atoms with Crippen molar-refractivity contribution in [1.29, 1.82) is 0 Å². The van der Waals surface area contributed by atoms with Gasteiger partial charge in [-0.3, -0.25) is 0 Å². The van der Waals surface area contributed by atoms with E-state index in [-0.39, 0.29) is 12.6 Å². The fourth-order valence-electron chi connectivity index (χ4n) is 3.47. The average Bonchev–Trinajstić information content (AvgIpc) is 2.76. The van der Waals surface area contributed by atoms with Crippen LogP contribution in [-0.4, -0.2) is 26.4 Å². The van der Waals surface area contributed by atoms with Gasteiger partial charge in [-0.15, -0.1) is 0 Å². The molecule has 0 radical (unpaired) electrons. The minimum absolute atomic E-state index is 0.109. The normalized spacial score (nSPS) is 11.6. The molecule has 0 heterocycles. The third-order valence-corrected chi connectivity index (χ3v) is 5.09. The Balaban J connectivity index is 1.95. The molecule has 2 aromatic rings. The zero-order valence-electron chi connectivity index (χ0n) is 18.7. The van der Waals surface area contributed by atoms with Crippen molar-refractivity contribution in [1.82, 2.24) is 5.32 Å². The maximum absolute atomic E-state index is 12.1. The van der Waals surface area contributed by atoms with Crippen molar-refractivity contribution < 1.29 is 19.0 Å². The quantitative estimate of drug-likeness (QED) is 0.455. The van der Waals surface area contributed by atoms with Crippen LogP contribution < -0.4 is 14.8 Å². The Morgan fingerprint density at radius 1 is 0.967 bits per heavy atom. The van der Waals surface area contributed by atoms with Crippen molar-refractivity contribution in [3.63, 3.8) is 0 Å². The van der Waals surface area contributed by atoms with Gasteiger partial charge in [-0.2, -0.15) is 0 Å². The third kappa shape index (κ3) is 7.62. The topological polar surface area (TPSA) is 56.8 Å². The minimum atomic E-state index is -0.426. The van der Waals surface area contributed by atoms with E-state index in [0.29, 0.717) is 6.42 Å². The van der Waals surface area contributed by atoms with Gasteiger partial charge in [-0.05, 0) is 55.0 Å². The van der Waals surface area contributed by atoms with Gasteiger partial charge in [0, 0.05) is 6.04 Å². The number of unbranched alkanes of at least 4 members (excludes halogenated alkanes) is 3. The van der Waals surface area contributed by atoms with Crippen LogP contribution in [0, 0.1) is 0 Å². The summed E-state index contributed by atoms with van der Waals surface area (Å²) in [4.78, 5) is 12.1. The van der Waals surface area contributed by atoms with E-state index >= 15 is 0 Å². The monoisotopic (exact) mass is 413 g/mol. The second-order valence-corrected chi connectivity index (χ2v) is 7.60. The highest BCUT2D eigenvalue weighted by molar-refractivity contribution is 5.67. The van der Waals surface area contributed by atoms with E-state index in [0.717, 1.165) is 41.0 Å². The molecule has 2 aromatic carbocycles. The Hall–Kier alpha value is -2.69. The lowest BCUT2D eigenvalue weighted by atomic mass is 9.99. The number of hydrogen-bond donors (Lipinski definition) is 1. The Bertz CT molecular complexity index is 776. The summed E-state index contributed by atoms with van der Waals surface area (Å²) in [6, 6.07) is 13.6. The number of aryl methyl sites for hydroxylation is 1. The van der Waals surface area contributed by atoms with Gasteiger partial charge >= 0.3 is 6.09 Å². The van der Waals surface area contributed by atoms with Crippen molar-refractivity contribution in [2.75, 3.05) is 14.2 Å². The highest BCUT2D eigenvalue weighted by atomic mass is 16.5. The molecule has 5 heteroatoms. The molecule has 0 aliphatic carbocycles. The van der Waals surface area contributed by atoms with Crippen molar-refractivity contribution in [2.45, 2.75) is 65.0 Å². The maximum atomic E-state index is 12.1. The van der Waals surface area contributed by atoms with E-state index in [2.05, 4.69) is 18.3 Å². The molecule has 1 N–H and O–H groups in total. The van der Waals surface area contributed by atoms with Gasteiger partial charge in [0.05, 0.1) is 14.2 Å². The van der Waals surface area contributed by atoms with Crippen LogP contribution in [-0.2, 0) is 24.2 Å². The summed E-state index contributed by atoms with van der Waals surface area (Å²) in [6.45, 7) is 4.42. The second kappa shape index (κ2) is 12.8. The molecule has 5 nitrogen and oxygen atoms in total. The predicted octanol–water partition coefficient (Wildman–Crippen LogP) is 5.68. The zero-order valence-corrected chi connectivity index (χ0v) is 18.7. The number of carbonyl (C=O) groups is 1. The maximum Gasteiger partial charge on any atom is 0.407 e. The van der Waals surface area contributed by atoms with E-state index in [9.17, 15) is 4.79 Å². The molecule has 164 valence electrons. The fraction of sp³-hybridized carbons (Fsp3) is 0.480. The Kier molecular flexibility index (Phi) is 10.1. The van der Waals surface area contributed by atoms with Gasteiger partial charge in [0.15, 0.2) is 0 Å². The number of benzene rings is 2. The number of rotatable bonds is 12. The Morgan fingerprint density at radius 2 is 1.63 bits per heavy atom. The van der Waals surface area contributed by atoms with Crippen molar-refractivity contribution >= 4 is 6.09 Å². The molecule has 0 unspecified atom stereocenters. The van der Waals surface area contributed by atoms with Gasteiger partial charge in [-0.25, -0.2) is 4.79 Å². The molecular formula is C25H35NO4. The first-order valence-corrected chi connectivity index (χ1v) is 10.8. The smallest absolute Gasteiger partial charge is 0.407 e. The number of alkyl carbamates (subject to hydrolysis) is 1. The molecular weight excluding hydrogens is 378 g/mol. The summed E-state index contributed by atoms with van der Waals surface area (Å²) in [5.74, 6) is 1.70. The van der Waals surface area contributed by atoms with Crippen molar-refractivity contribution in [3.05, 3.63) is 59.2 Å². The van der Waals surface area contributed by atoms with Gasteiger partial charge < -0.3 is 19.5 Å². The molecule has 30 heavy (non-hydrogen) atoms. The molecule has 0 saturated carbocycles.